The van der Waals surface area contributed by atoms with Gasteiger partial charge in [-0.25, -0.2) is 0 Å². The van der Waals surface area contributed by atoms with Crippen LogP contribution in [-0.2, 0) is 4.79 Å². The number of carbonyl (C=O) groups is 1. The van der Waals surface area contributed by atoms with Gasteiger partial charge in [-0.15, -0.1) is 23.4 Å². The van der Waals surface area contributed by atoms with Crippen LogP contribution in [-0.4, -0.2) is 28.3 Å². The van der Waals surface area contributed by atoms with E-state index >= 15 is 0 Å². The Morgan fingerprint density at radius 3 is 2.59 bits per heavy atom. The summed E-state index contributed by atoms with van der Waals surface area (Å²) in [5.41, 5.74) is 0. The maximum Gasteiger partial charge on any atom is 0.233 e. The van der Waals surface area contributed by atoms with E-state index in [4.69, 9.17) is 11.6 Å². The predicted molar refractivity (Wildman–Crippen MR) is 74.8 cm³/mol. The van der Waals surface area contributed by atoms with Crippen LogP contribution in [0.5, 0.6) is 0 Å². The minimum absolute atomic E-state index is 0.134. The molecule has 1 aliphatic heterocycles. The summed E-state index contributed by atoms with van der Waals surface area (Å²) < 4.78 is 0. The SMILES string of the molecule is O=C(NC1CCCCCC1Cl)C1CCCCS1. The first kappa shape index (κ1) is 13.5. The number of alkyl halides is 1. The van der Waals surface area contributed by atoms with Gasteiger partial charge in [0.1, 0.15) is 0 Å². The van der Waals surface area contributed by atoms with E-state index in [1.54, 1.807) is 0 Å². The zero-order chi connectivity index (χ0) is 12.1. The Bertz CT molecular complexity index is 256. The third-order valence-electron chi connectivity index (χ3n) is 3.73. The van der Waals surface area contributed by atoms with Crippen molar-refractivity contribution in [3.05, 3.63) is 0 Å². The molecule has 98 valence electrons. The maximum absolute atomic E-state index is 12.1. The van der Waals surface area contributed by atoms with Crippen LogP contribution >= 0.6 is 23.4 Å². The Morgan fingerprint density at radius 2 is 1.82 bits per heavy atom. The lowest BCUT2D eigenvalue weighted by Crippen LogP contribution is -2.45. The normalized spacial score (nSPS) is 35.0. The highest BCUT2D eigenvalue weighted by atomic mass is 35.5. The molecule has 0 bridgehead atoms. The average Bonchev–Trinajstić information content (AvgIpc) is 2.56. The summed E-state index contributed by atoms with van der Waals surface area (Å²) in [6.45, 7) is 0. The van der Waals surface area contributed by atoms with Crippen LogP contribution < -0.4 is 5.32 Å². The number of amides is 1. The Hall–Kier alpha value is 0.110. The lowest BCUT2D eigenvalue weighted by atomic mass is 10.1. The predicted octanol–water partition coefficient (Wildman–Crippen LogP) is 3.33. The van der Waals surface area contributed by atoms with Crippen molar-refractivity contribution in [1.29, 1.82) is 0 Å². The first-order valence-corrected chi connectivity index (χ1v) is 8.32. The molecule has 2 fully saturated rings. The summed E-state index contributed by atoms with van der Waals surface area (Å²) in [7, 11) is 0. The van der Waals surface area contributed by atoms with Crippen molar-refractivity contribution in [3.8, 4) is 0 Å². The standard InChI is InChI=1S/C13H22ClNOS/c14-10-6-2-1-3-7-11(10)15-13(16)12-8-4-5-9-17-12/h10-12H,1-9H2,(H,15,16). The number of rotatable bonds is 2. The molecule has 0 aromatic carbocycles. The Morgan fingerprint density at radius 1 is 1.06 bits per heavy atom. The van der Waals surface area contributed by atoms with E-state index in [-0.39, 0.29) is 22.6 Å². The second-order valence-electron chi connectivity index (χ2n) is 5.12. The quantitative estimate of drug-likeness (QED) is 0.619. The van der Waals surface area contributed by atoms with Crippen molar-refractivity contribution in [1.82, 2.24) is 5.32 Å². The van der Waals surface area contributed by atoms with Crippen LogP contribution in [0, 0.1) is 0 Å². The van der Waals surface area contributed by atoms with Crippen molar-refractivity contribution in [3.63, 3.8) is 0 Å². The van der Waals surface area contributed by atoms with Crippen LogP contribution in [0.15, 0.2) is 0 Å². The zero-order valence-corrected chi connectivity index (χ0v) is 11.9. The van der Waals surface area contributed by atoms with Gasteiger partial charge in [0, 0.05) is 6.04 Å². The molecule has 1 aliphatic carbocycles. The molecule has 0 aromatic heterocycles. The Labute approximate surface area is 113 Å². The van der Waals surface area contributed by atoms with Crippen LogP contribution in [0.25, 0.3) is 0 Å². The third kappa shape index (κ3) is 4.06. The Kier molecular flexibility index (Phi) is 5.49. The number of hydrogen-bond donors (Lipinski definition) is 1. The number of carbonyl (C=O) groups excluding carboxylic acids is 1. The molecule has 3 atom stereocenters. The molecule has 1 amide bonds. The van der Waals surface area contributed by atoms with E-state index in [1.165, 1.54) is 32.1 Å². The van der Waals surface area contributed by atoms with E-state index in [9.17, 15) is 4.79 Å². The van der Waals surface area contributed by atoms with Crippen molar-refractivity contribution < 1.29 is 4.79 Å². The van der Waals surface area contributed by atoms with Crippen LogP contribution in [0.2, 0.25) is 0 Å². The highest BCUT2D eigenvalue weighted by Gasteiger charge is 2.27. The van der Waals surface area contributed by atoms with E-state index in [0.29, 0.717) is 0 Å². The fourth-order valence-corrected chi connectivity index (χ4v) is 4.20. The van der Waals surface area contributed by atoms with E-state index in [0.717, 1.165) is 25.0 Å². The summed E-state index contributed by atoms with van der Waals surface area (Å²) in [5, 5.41) is 3.50. The van der Waals surface area contributed by atoms with Gasteiger partial charge in [0.2, 0.25) is 5.91 Å². The van der Waals surface area contributed by atoms with Gasteiger partial charge in [0.05, 0.1) is 10.6 Å². The zero-order valence-electron chi connectivity index (χ0n) is 10.3. The van der Waals surface area contributed by atoms with E-state index < -0.39 is 0 Å². The van der Waals surface area contributed by atoms with Crippen LogP contribution in [0.1, 0.15) is 51.4 Å². The molecule has 0 aromatic rings. The highest BCUT2D eigenvalue weighted by molar-refractivity contribution is 8.00. The van der Waals surface area contributed by atoms with Gasteiger partial charge in [-0.05, 0) is 31.4 Å². The lowest BCUT2D eigenvalue weighted by molar-refractivity contribution is -0.121. The monoisotopic (exact) mass is 275 g/mol. The van der Waals surface area contributed by atoms with Gasteiger partial charge in [-0.3, -0.25) is 4.79 Å². The first-order chi connectivity index (χ1) is 8.27. The van der Waals surface area contributed by atoms with Gasteiger partial charge in [0.15, 0.2) is 0 Å². The molecule has 3 unspecified atom stereocenters. The van der Waals surface area contributed by atoms with Crippen molar-refractivity contribution in [2.75, 3.05) is 5.75 Å². The summed E-state index contributed by atoms with van der Waals surface area (Å²) in [4.78, 5) is 12.1. The van der Waals surface area contributed by atoms with Gasteiger partial charge in [-0.1, -0.05) is 25.7 Å². The third-order valence-corrected chi connectivity index (χ3v) is 5.63. The molecule has 17 heavy (non-hydrogen) atoms. The topological polar surface area (TPSA) is 29.1 Å². The Balaban J connectivity index is 1.83. The smallest absolute Gasteiger partial charge is 0.233 e. The van der Waals surface area contributed by atoms with Gasteiger partial charge < -0.3 is 5.32 Å². The molecule has 0 radical (unpaired) electrons. The fourth-order valence-electron chi connectivity index (χ4n) is 2.65. The number of nitrogens with one attached hydrogen (secondary N) is 1. The largest absolute Gasteiger partial charge is 0.351 e. The fraction of sp³-hybridized carbons (Fsp3) is 0.923. The van der Waals surface area contributed by atoms with Gasteiger partial charge in [0.25, 0.3) is 0 Å². The van der Waals surface area contributed by atoms with E-state index in [2.05, 4.69) is 5.32 Å². The maximum atomic E-state index is 12.1. The van der Waals surface area contributed by atoms with E-state index in [1.807, 2.05) is 11.8 Å². The van der Waals surface area contributed by atoms with Crippen molar-refractivity contribution in [2.45, 2.75) is 68.0 Å². The number of halogens is 1. The van der Waals surface area contributed by atoms with Crippen LogP contribution in [0.3, 0.4) is 0 Å². The highest BCUT2D eigenvalue weighted by Crippen LogP contribution is 2.27. The summed E-state index contributed by atoms with van der Waals surface area (Å²) in [6, 6.07) is 0.203. The van der Waals surface area contributed by atoms with Crippen LogP contribution in [0.4, 0.5) is 0 Å². The van der Waals surface area contributed by atoms with Gasteiger partial charge >= 0.3 is 0 Å². The molecule has 2 aliphatic rings. The molecular weight excluding hydrogens is 254 g/mol. The summed E-state index contributed by atoms with van der Waals surface area (Å²) in [5.74, 6) is 1.36. The molecule has 1 saturated heterocycles. The average molecular weight is 276 g/mol. The molecule has 2 nitrogen and oxygen atoms in total. The molecule has 1 saturated carbocycles. The summed E-state index contributed by atoms with van der Waals surface area (Å²) >= 11 is 8.16. The molecular formula is C13H22ClNOS. The molecule has 0 spiro atoms. The molecule has 4 heteroatoms. The second kappa shape index (κ2) is 6.89. The van der Waals surface area contributed by atoms with Crippen molar-refractivity contribution >= 4 is 29.3 Å². The minimum atomic E-state index is 0.134. The molecule has 1 heterocycles. The molecule has 1 N–H and O–H groups in total. The summed E-state index contributed by atoms with van der Waals surface area (Å²) in [6.07, 6.45) is 9.26. The lowest BCUT2D eigenvalue weighted by Gasteiger charge is -2.26. The minimum Gasteiger partial charge on any atom is -0.351 e. The first-order valence-electron chi connectivity index (χ1n) is 6.83. The molecule has 2 rings (SSSR count). The number of hydrogen-bond acceptors (Lipinski definition) is 2. The van der Waals surface area contributed by atoms with Gasteiger partial charge in [-0.2, -0.15) is 0 Å². The second-order valence-corrected chi connectivity index (χ2v) is 7.00. The number of thioether (sulfide) groups is 1. The van der Waals surface area contributed by atoms with Crippen molar-refractivity contribution in [2.24, 2.45) is 0 Å².